The van der Waals surface area contributed by atoms with Crippen molar-refractivity contribution < 1.29 is 9.59 Å². The largest absolute Gasteiger partial charge is 0.341 e. The first kappa shape index (κ1) is 20.1. The zero-order valence-electron chi connectivity index (χ0n) is 16.7. The van der Waals surface area contributed by atoms with Crippen molar-refractivity contribution in [3.63, 3.8) is 0 Å². The highest BCUT2D eigenvalue weighted by molar-refractivity contribution is 7.99. The lowest BCUT2D eigenvalue weighted by Gasteiger charge is -2.19. The summed E-state index contributed by atoms with van der Waals surface area (Å²) in [4.78, 5) is 28.7. The number of nitrogens with zero attached hydrogens (tertiary/aromatic N) is 5. The molecule has 2 aliphatic rings. The molecule has 2 amide bonds. The Kier molecular flexibility index (Phi) is 5.41. The fourth-order valence-electron chi connectivity index (χ4n) is 3.99. The molecule has 31 heavy (non-hydrogen) atoms. The molecule has 3 heterocycles. The Morgan fingerprint density at radius 2 is 1.55 bits per heavy atom. The van der Waals surface area contributed by atoms with Crippen LogP contribution in [0.4, 0.5) is 5.95 Å². The third kappa shape index (κ3) is 3.59. The van der Waals surface area contributed by atoms with Gasteiger partial charge in [-0.15, -0.1) is 10.2 Å². The van der Waals surface area contributed by atoms with Crippen LogP contribution in [0.5, 0.6) is 0 Å². The average Bonchev–Trinajstić information content (AvgIpc) is 3.50. The highest BCUT2D eigenvalue weighted by Gasteiger charge is 2.34. The quantitative estimate of drug-likeness (QED) is 0.416. The van der Waals surface area contributed by atoms with E-state index >= 15 is 0 Å². The summed E-state index contributed by atoms with van der Waals surface area (Å²) in [6.45, 7) is 2.16. The fraction of sp³-hybridized carbons (Fsp3) is 0.273. The number of hydrogen-bond acceptors (Lipinski definition) is 6. The number of fused-ring (bicyclic) bond motifs is 1. The summed E-state index contributed by atoms with van der Waals surface area (Å²) in [5, 5.41) is 10.1. The van der Waals surface area contributed by atoms with Gasteiger partial charge in [-0.05, 0) is 37.1 Å². The summed E-state index contributed by atoms with van der Waals surface area (Å²) in [5.74, 6) is 0.792. The number of para-hydroxylation sites is 1. The van der Waals surface area contributed by atoms with E-state index in [2.05, 4.69) is 15.1 Å². The van der Waals surface area contributed by atoms with Crippen LogP contribution in [-0.4, -0.2) is 56.9 Å². The molecule has 5 rings (SSSR count). The van der Waals surface area contributed by atoms with Crippen molar-refractivity contribution in [2.75, 3.05) is 30.3 Å². The molecule has 2 aliphatic heterocycles. The molecule has 0 saturated carbocycles. The Hall–Kier alpha value is -2.84. The second-order valence-electron chi connectivity index (χ2n) is 7.42. The van der Waals surface area contributed by atoms with Gasteiger partial charge in [0, 0.05) is 25.4 Å². The third-order valence-corrected chi connectivity index (χ3v) is 6.75. The van der Waals surface area contributed by atoms with E-state index in [1.807, 2.05) is 28.8 Å². The molecular weight excluding hydrogens is 434 g/mol. The molecule has 1 saturated heterocycles. The van der Waals surface area contributed by atoms with Crippen LogP contribution in [-0.2, 0) is 0 Å². The molecule has 0 aliphatic carbocycles. The number of imide groups is 1. The second-order valence-corrected chi connectivity index (χ2v) is 8.89. The second kappa shape index (κ2) is 8.36. The van der Waals surface area contributed by atoms with Crippen LogP contribution in [0, 0.1) is 0 Å². The van der Waals surface area contributed by atoms with Crippen molar-refractivity contribution >= 4 is 41.1 Å². The van der Waals surface area contributed by atoms with Crippen LogP contribution < -0.4 is 4.90 Å². The molecule has 0 spiro atoms. The summed E-state index contributed by atoms with van der Waals surface area (Å²) in [7, 11) is 0. The molecule has 2 aromatic carbocycles. The minimum atomic E-state index is -0.244. The van der Waals surface area contributed by atoms with Crippen molar-refractivity contribution in [1.29, 1.82) is 0 Å². The molecule has 0 unspecified atom stereocenters. The van der Waals surface area contributed by atoms with Crippen LogP contribution in [0.2, 0.25) is 5.02 Å². The van der Waals surface area contributed by atoms with Gasteiger partial charge < -0.3 is 4.90 Å². The first-order chi connectivity index (χ1) is 15.1. The summed E-state index contributed by atoms with van der Waals surface area (Å²) in [6, 6.07) is 14.5. The summed E-state index contributed by atoms with van der Waals surface area (Å²) >= 11 is 7.95. The molecule has 7 nitrogen and oxygen atoms in total. The number of benzene rings is 2. The van der Waals surface area contributed by atoms with Gasteiger partial charge in [-0.1, -0.05) is 47.6 Å². The maximum atomic E-state index is 12.6. The Morgan fingerprint density at radius 1 is 0.903 bits per heavy atom. The van der Waals surface area contributed by atoms with Crippen molar-refractivity contribution in [3.05, 3.63) is 64.7 Å². The van der Waals surface area contributed by atoms with Crippen LogP contribution >= 0.6 is 23.4 Å². The predicted molar refractivity (Wildman–Crippen MR) is 120 cm³/mol. The maximum Gasteiger partial charge on any atom is 0.261 e. The number of thioether (sulfide) groups is 1. The van der Waals surface area contributed by atoms with Crippen LogP contribution in [0.1, 0.15) is 33.6 Å². The van der Waals surface area contributed by atoms with Crippen molar-refractivity contribution in [3.8, 4) is 5.69 Å². The van der Waals surface area contributed by atoms with E-state index in [4.69, 9.17) is 11.6 Å². The van der Waals surface area contributed by atoms with E-state index in [-0.39, 0.29) is 11.8 Å². The molecule has 3 aromatic rings. The van der Waals surface area contributed by atoms with Gasteiger partial charge in [-0.25, -0.2) is 0 Å². The van der Waals surface area contributed by atoms with Gasteiger partial charge in [-0.2, -0.15) is 0 Å². The van der Waals surface area contributed by atoms with Crippen molar-refractivity contribution in [2.45, 2.75) is 18.0 Å². The van der Waals surface area contributed by atoms with E-state index in [1.165, 1.54) is 16.7 Å². The number of carbonyl (C=O) groups is 2. The number of hydrogen-bond donors (Lipinski definition) is 0. The zero-order chi connectivity index (χ0) is 21.4. The number of aromatic nitrogens is 3. The Labute approximate surface area is 189 Å². The third-order valence-electron chi connectivity index (χ3n) is 5.52. The van der Waals surface area contributed by atoms with Gasteiger partial charge in [0.2, 0.25) is 5.95 Å². The minimum Gasteiger partial charge on any atom is -0.341 e. The summed E-state index contributed by atoms with van der Waals surface area (Å²) in [5.41, 5.74) is 1.75. The zero-order valence-corrected chi connectivity index (χ0v) is 18.3. The lowest BCUT2D eigenvalue weighted by molar-refractivity contribution is 0.0664. The molecule has 158 valence electrons. The molecule has 0 bridgehead atoms. The number of anilines is 1. The molecule has 1 aromatic heterocycles. The lowest BCUT2D eigenvalue weighted by atomic mass is 10.1. The van der Waals surface area contributed by atoms with E-state index in [1.54, 1.807) is 24.3 Å². The van der Waals surface area contributed by atoms with Gasteiger partial charge in [0.1, 0.15) is 0 Å². The molecule has 0 radical (unpaired) electrons. The van der Waals surface area contributed by atoms with Gasteiger partial charge in [0.15, 0.2) is 5.16 Å². The van der Waals surface area contributed by atoms with Gasteiger partial charge in [-0.3, -0.25) is 19.1 Å². The standard InChI is InChI=1S/C22H20ClN5O2S/c23-17-9-3-4-10-18(17)28-21(26-11-5-6-12-26)24-25-22(28)31-14-13-27-19(29)15-7-1-2-8-16(15)20(27)30/h1-4,7-10H,5-6,11-14H2. The van der Waals surface area contributed by atoms with E-state index < -0.39 is 0 Å². The molecule has 0 N–H and O–H groups in total. The SMILES string of the molecule is O=C1c2ccccc2C(=O)N1CCSc1nnc(N2CCCC2)n1-c1ccccc1Cl. The van der Waals surface area contributed by atoms with E-state index in [0.717, 1.165) is 37.6 Å². The lowest BCUT2D eigenvalue weighted by Crippen LogP contribution is -2.31. The number of halogens is 1. The number of rotatable bonds is 6. The maximum absolute atomic E-state index is 12.6. The molecule has 0 atom stereocenters. The number of carbonyl (C=O) groups excluding carboxylic acids is 2. The summed E-state index contributed by atoms with van der Waals surface area (Å²) in [6.07, 6.45) is 2.25. The Bertz CT molecular complexity index is 1120. The monoisotopic (exact) mass is 453 g/mol. The van der Waals surface area contributed by atoms with Gasteiger partial charge in [0.05, 0.1) is 21.8 Å². The smallest absolute Gasteiger partial charge is 0.261 e. The number of amides is 2. The highest BCUT2D eigenvalue weighted by Crippen LogP contribution is 2.32. The van der Waals surface area contributed by atoms with Crippen LogP contribution in [0.3, 0.4) is 0 Å². The minimum absolute atomic E-state index is 0.244. The predicted octanol–water partition coefficient (Wildman–Crippen LogP) is 3.91. The topological polar surface area (TPSA) is 71.3 Å². The highest BCUT2D eigenvalue weighted by atomic mass is 35.5. The van der Waals surface area contributed by atoms with Crippen LogP contribution in [0.25, 0.3) is 5.69 Å². The summed E-state index contributed by atoms with van der Waals surface area (Å²) < 4.78 is 1.97. The fourth-order valence-corrected chi connectivity index (χ4v) is 5.08. The Morgan fingerprint density at radius 3 is 2.23 bits per heavy atom. The molecule has 9 heteroatoms. The first-order valence-corrected chi connectivity index (χ1v) is 11.5. The molecule has 1 fully saturated rings. The van der Waals surface area contributed by atoms with Gasteiger partial charge in [0.25, 0.3) is 11.8 Å². The van der Waals surface area contributed by atoms with E-state index in [0.29, 0.717) is 33.6 Å². The Balaban J connectivity index is 1.37. The first-order valence-electron chi connectivity index (χ1n) is 10.2. The average molecular weight is 454 g/mol. The van der Waals surface area contributed by atoms with Crippen molar-refractivity contribution in [2.24, 2.45) is 0 Å². The van der Waals surface area contributed by atoms with Crippen LogP contribution in [0.15, 0.2) is 53.7 Å². The normalized spacial score (nSPS) is 15.8. The van der Waals surface area contributed by atoms with Gasteiger partial charge >= 0.3 is 0 Å². The molecular formula is C22H20ClN5O2S. The van der Waals surface area contributed by atoms with E-state index in [9.17, 15) is 9.59 Å². The van der Waals surface area contributed by atoms with Crippen molar-refractivity contribution in [1.82, 2.24) is 19.7 Å².